The summed E-state index contributed by atoms with van der Waals surface area (Å²) in [6.07, 6.45) is 0.915. The molecule has 1 aromatic carbocycles. The van der Waals surface area contributed by atoms with Crippen molar-refractivity contribution in [2.24, 2.45) is 0 Å². The van der Waals surface area contributed by atoms with Crippen LogP contribution >= 0.6 is 11.3 Å². The second kappa shape index (κ2) is 6.90. The summed E-state index contributed by atoms with van der Waals surface area (Å²) in [7, 11) is 0. The van der Waals surface area contributed by atoms with Crippen molar-refractivity contribution in [3.8, 4) is 5.75 Å². The molecular formula is C15H15NO4S. The number of aromatic carboxylic acids is 1. The maximum Gasteiger partial charge on any atom is 0.338 e. The van der Waals surface area contributed by atoms with Gasteiger partial charge in [-0.3, -0.25) is 4.79 Å². The van der Waals surface area contributed by atoms with E-state index in [1.807, 2.05) is 6.92 Å². The zero-order chi connectivity index (χ0) is 15.2. The van der Waals surface area contributed by atoms with Gasteiger partial charge in [-0.25, -0.2) is 4.79 Å². The number of carboxylic acid groups (broad SMARTS) is 1. The van der Waals surface area contributed by atoms with Gasteiger partial charge >= 0.3 is 5.97 Å². The summed E-state index contributed by atoms with van der Waals surface area (Å²) in [5.41, 5.74) is 0.542. The molecule has 0 atom stereocenters. The van der Waals surface area contributed by atoms with Gasteiger partial charge < -0.3 is 15.2 Å². The van der Waals surface area contributed by atoms with Gasteiger partial charge in [0, 0.05) is 5.56 Å². The van der Waals surface area contributed by atoms with Crippen molar-refractivity contribution in [2.45, 2.75) is 13.3 Å². The molecule has 5 nitrogen and oxygen atoms in total. The van der Waals surface area contributed by atoms with E-state index < -0.39 is 5.97 Å². The Hall–Kier alpha value is -2.34. The predicted molar refractivity (Wildman–Crippen MR) is 81.5 cm³/mol. The first-order valence-electron chi connectivity index (χ1n) is 6.46. The van der Waals surface area contributed by atoms with Crippen LogP contribution in [0.15, 0.2) is 35.7 Å². The number of anilines is 1. The molecule has 21 heavy (non-hydrogen) atoms. The summed E-state index contributed by atoms with van der Waals surface area (Å²) < 4.78 is 5.44. The molecule has 0 bridgehead atoms. The first kappa shape index (κ1) is 15.1. The molecule has 0 saturated carbocycles. The van der Waals surface area contributed by atoms with Gasteiger partial charge in [0.15, 0.2) is 0 Å². The number of hydrogen-bond donors (Lipinski definition) is 2. The van der Waals surface area contributed by atoms with Crippen molar-refractivity contribution in [1.82, 2.24) is 0 Å². The first-order chi connectivity index (χ1) is 10.1. The third-order valence-electron chi connectivity index (χ3n) is 2.71. The zero-order valence-electron chi connectivity index (χ0n) is 11.5. The summed E-state index contributed by atoms with van der Waals surface area (Å²) in [5, 5.41) is 13.6. The Balaban J connectivity index is 2.06. The summed E-state index contributed by atoms with van der Waals surface area (Å²) in [6.45, 7) is 2.64. The first-order valence-corrected chi connectivity index (χ1v) is 7.34. The third-order valence-corrected chi connectivity index (χ3v) is 3.54. The van der Waals surface area contributed by atoms with Crippen LogP contribution < -0.4 is 10.1 Å². The molecule has 2 N–H and O–H groups in total. The zero-order valence-corrected chi connectivity index (χ0v) is 12.3. The molecule has 0 aliphatic heterocycles. The van der Waals surface area contributed by atoms with Crippen molar-refractivity contribution < 1.29 is 19.4 Å². The van der Waals surface area contributed by atoms with E-state index in [0.717, 1.165) is 6.42 Å². The minimum absolute atomic E-state index is 0.0937. The minimum atomic E-state index is -1.06. The average molecular weight is 305 g/mol. The number of hydrogen-bond acceptors (Lipinski definition) is 4. The predicted octanol–water partition coefficient (Wildman–Crippen LogP) is 3.49. The summed E-state index contributed by atoms with van der Waals surface area (Å²) in [4.78, 5) is 23.1. The van der Waals surface area contributed by atoms with Crippen LogP contribution in [-0.4, -0.2) is 23.6 Å². The summed E-state index contributed by atoms with van der Waals surface area (Å²) in [6, 6.07) is 8.20. The number of ether oxygens (including phenoxy) is 1. The second-order valence-corrected chi connectivity index (χ2v) is 5.21. The number of thiophene rings is 1. The van der Waals surface area contributed by atoms with Crippen molar-refractivity contribution in [2.75, 3.05) is 11.9 Å². The van der Waals surface area contributed by atoms with Crippen molar-refractivity contribution in [3.63, 3.8) is 0 Å². The van der Waals surface area contributed by atoms with Crippen LogP contribution in [0.25, 0.3) is 0 Å². The molecule has 0 aliphatic rings. The van der Waals surface area contributed by atoms with Gasteiger partial charge in [0.2, 0.25) is 0 Å². The molecule has 0 fully saturated rings. The van der Waals surface area contributed by atoms with Gasteiger partial charge in [-0.2, -0.15) is 0 Å². The van der Waals surface area contributed by atoms with Crippen molar-refractivity contribution >= 4 is 28.2 Å². The average Bonchev–Trinajstić information content (AvgIpc) is 2.94. The van der Waals surface area contributed by atoms with E-state index in [4.69, 9.17) is 9.84 Å². The quantitative estimate of drug-likeness (QED) is 0.856. The Bertz CT molecular complexity index is 633. The van der Waals surface area contributed by atoms with Gasteiger partial charge in [-0.15, -0.1) is 11.3 Å². The number of nitrogens with one attached hydrogen (secondary N) is 1. The van der Waals surface area contributed by atoms with Crippen molar-refractivity contribution in [3.05, 3.63) is 46.8 Å². The lowest BCUT2D eigenvalue weighted by molar-refractivity contribution is 0.0698. The standard InChI is InChI=1S/C15H15NO4S/c1-2-8-20-11-5-3-10(4-6-11)13(17)16-14-12(15(18)19)7-9-21-14/h3-7,9H,2,8H2,1H3,(H,16,17)(H,18,19). The van der Waals surface area contributed by atoms with Gasteiger partial charge in [0.25, 0.3) is 5.91 Å². The highest BCUT2D eigenvalue weighted by Crippen LogP contribution is 2.24. The Labute approximate surface area is 126 Å². The smallest absolute Gasteiger partial charge is 0.338 e. The molecular weight excluding hydrogens is 290 g/mol. The van der Waals surface area contributed by atoms with Crippen LogP contribution in [0.4, 0.5) is 5.00 Å². The molecule has 0 saturated heterocycles. The lowest BCUT2D eigenvalue weighted by atomic mass is 10.2. The normalized spacial score (nSPS) is 10.1. The topological polar surface area (TPSA) is 75.6 Å². The molecule has 0 unspecified atom stereocenters. The number of carbonyl (C=O) groups excluding carboxylic acids is 1. The lowest BCUT2D eigenvalue weighted by Gasteiger charge is -2.07. The van der Waals surface area contributed by atoms with Crippen LogP contribution in [0.3, 0.4) is 0 Å². The minimum Gasteiger partial charge on any atom is -0.494 e. The van der Waals surface area contributed by atoms with Crippen LogP contribution in [0.2, 0.25) is 0 Å². The Kier molecular flexibility index (Phi) is 4.94. The number of benzene rings is 1. The van der Waals surface area contributed by atoms with Crippen molar-refractivity contribution in [1.29, 1.82) is 0 Å². The second-order valence-electron chi connectivity index (χ2n) is 4.30. The monoisotopic (exact) mass is 305 g/mol. The fourth-order valence-corrected chi connectivity index (χ4v) is 2.45. The summed E-state index contributed by atoms with van der Waals surface area (Å²) in [5.74, 6) is -0.701. The molecule has 1 amide bonds. The van der Waals surface area contributed by atoms with E-state index in [0.29, 0.717) is 22.9 Å². The van der Waals surface area contributed by atoms with Gasteiger partial charge in [0.05, 0.1) is 12.2 Å². The number of amides is 1. The maximum atomic E-state index is 12.1. The highest BCUT2D eigenvalue weighted by Gasteiger charge is 2.14. The largest absolute Gasteiger partial charge is 0.494 e. The maximum absolute atomic E-state index is 12.1. The molecule has 2 rings (SSSR count). The van der Waals surface area contributed by atoms with Gasteiger partial charge in [-0.05, 0) is 42.1 Å². The molecule has 110 valence electrons. The number of rotatable bonds is 6. The Morgan fingerprint density at radius 3 is 2.57 bits per heavy atom. The van der Waals surface area contributed by atoms with Crippen LogP contribution in [-0.2, 0) is 0 Å². The lowest BCUT2D eigenvalue weighted by Crippen LogP contribution is -2.13. The van der Waals surface area contributed by atoms with E-state index >= 15 is 0 Å². The third kappa shape index (κ3) is 3.82. The fraction of sp³-hybridized carbons (Fsp3) is 0.200. The Morgan fingerprint density at radius 2 is 1.95 bits per heavy atom. The van der Waals surface area contributed by atoms with E-state index in [-0.39, 0.29) is 11.5 Å². The molecule has 1 aromatic heterocycles. The summed E-state index contributed by atoms with van der Waals surface area (Å²) >= 11 is 1.18. The fourth-order valence-electron chi connectivity index (χ4n) is 1.67. The Morgan fingerprint density at radius 1 is 1.24 bits per heavy atom. The molecule has 0 radical (unpaired) electrons. The van der Waals surface area contributed by atoms with E-state index in [2.05, 4.69) is 5.32 Å². The SMILES string of the molecule is CCCOc1ccc(C(=O)Nc2sccc2C(=O)O)cc1. The van der Waals surface area contributed by atoms with Gasteiger partial charge in [-0.1, -0.05) is 6.92 Å². The molecule has 1 heterocycles. The van der Waals surface area contributed by atoms with Crippen LogP contribution in [0.1, 0.15) is 34.1 Å². The molecule has 2 aromatic rings. The molecule has 0 spiro atoms. The van der Waals surface area contributed by atoms with Crippen LogP contribution in [0.5, 0.6) is 5.75 Å². The van der Waals surface area contributed by atoms with Gasteiger partial charge in [0.1, 0.15) is 10.8 Å². The highest BCUT2D eigenvalue weighted by molar-refractivity contribution is 7.14. The van der Waals surface area contributed by atoms with E-state index in [9.17, 15) is 9.59 Å². The number of carboxylic acids is 1. The van der Waals surface area contributed by atoms with Crippen LogP contribution in [0, 0.1) is 0 Å². The number of carbonyl (C=O) groups is 2. The molecule has 0 aliphatic carbocycles. The van der Waals surface area contributed by atoms with E-state index in [1.165, 1.54) is 17.4 Å². The van der Waals surface area contributed by atoms with E-state index in [1.54, 1.807) is 29.6 Å². The highest BCUT2D eigenvalue weighted by atomic mass is 32.1. The molecule has 6 heteroatoms.